The Morgan fingerprint density at radius 3 is 2.90 bits per heavy atom. The van der Waals surface area contributed by atoms with Gasteiger partial charge in [0.15, 0.2) is 5.82 Å². The monoisotopic (exact) mass is 288 g/mol. The second-order valence-corrected chi connectivity index (χ2v) is 4.95. The van der Waals surface area contributed by atoms with Crippen molar-refractivity contribution in [3.05, 3.63) is 5.56 Å². The Morgan fingerprint density at radius 1 is 1.52 bits per heavy atom. The largest absolute Gasteiger partial charge is 0.481 e. The highest BCUT2D eigenvalue weighted by atomic mass is 16.4. The van der Waals surface area contributed by atoms with Gasteiger partial charge in [-0.1, -0.05) is 0 Å². The van der Waals surface area contributed by atoms with E-state index in [1.807, 2.05) is 12.1 Å². The summed E-state index contributed by atoms with van der Waals surface area (Å²) < 4.78 is 1.43. The first kappa shape index (κ1) is 14.7. The van der Waals surface area contributed by atoms with Crippen LogP contribution in [0.5, 0.6) is 0 Å². The number of aliphatic carboxylic acids is 1. The summed E-state index contributed by atoms with van der Waals surface area (Å²) in [5.41, 5.74) is 6.13. The summed E-state index contributed by atoms with van der Waals surface area (Å²) in [5, 5.41) is 31.3. The van der Waals surface area contributed by atoms with Gasteiger partial charge in [-0.2, -0.15) is 15.6 Å². The van der Waals surface area contributed by atoms with Crippen molar-refractivity contribution in [1.82, 2.24) is 9.78 Å². The van der Waals surface area contributed by atoms with Crippen molar-refractivity contribution in [2.24, 2.45) is 5.92 Å². The number of nitrogen functional groups attached to an aromatic ring is 1. The summed E-state index contributed by atoms with van der Waals surface area (Å²) in [6, 6.07) is 4.02. The summed E-state index contributed by atoms with van der Waals surface area (Å²) >= 11 is 0. The lowest BCUT2D eigenvalue weighted by Crippen LogP contribution is -2.39. The molecule has 1 unspecified atom stereocenters. The molecule has 2 heterocycles. The van der Waals surface area contributed by atoms with Crippen molar-refractivity contribution in [3.8, 4) is 12.1 Å². The van der Waals surface area contributed by atoms with Crippen LogP contribution in [0, 0.1) is 28.6 Å². The molecule has 21 heavy (non-hydrogen) atoms. The van der Waals surface area contributed by atoms with Gasteiger partial charge in [0.1, 0.15) is 17.5 Å². The number of nitrogens with two attached hydrogens (primary N) is 1. The molecule has 1 atom stereocenters. The Balaban J connectivity index is 2.28. The molecule has 0 spiro atoms. The van der Waals surface area contributed by atoms with Crippen molar-refractivity contribution >= 4 is 17.6 Å². The van der Waals surface area contributed by atoms with Gasteiger partial charge in [-0.25, -0.2) is 4.68 Å². The number of nitriles is 2. The maximum atomic E-state index is 11.1. The van der Waals surface area contributed by atoms with E-state index in [2.05, 4.69) is 5.10 Å². The van der Waals surface area contributed by atoms with E-state index in [1.165, 1.54) is 4.68 Å². The van der Waals surface area contributed by atoms with Gasteiger partial charge in [0, 0.05) is 13.1 Å². The van der Waals surface area contributed by atoms with Crippen LogP contribution < -0.4 is 10.6 Å². The first-order valence-corrected chi connectivity index (χ1v) is 6.69. The molecule has 0 aromatic carbocycles. The van der Waals surface area contributed by atoms with Crippen molar-refractivity contribution in [2.45, 2.75) is 25.8 Å². The molecule has 0 saturated carbocycles. The van der Waals surface area contributed by atoms with Crippen LogP contribution in [0.3, 0.4) is 0 Å². The summed E-state index contributed by atoms with van der Waals surface area (Å²) in [4.78, 5) is 12.9. The molecule has 1 saturated heterocycles. The van der Waals surface area contributed by atoms with Gasteiger partial charge in [0.05, 0.1) is 25.0 Å². The predicted molar refractivity (Wildman–Crippen MR) is 74.2 cm³/mol. The fraction of sp³-hybridized carbons (Fsp3) is 0.538. The van der Waals surface area contributed by atoms with Crippen LogP contribution in [-0.4, -0.2) is 33.9 Å². The molecule has 1 aliphatic rings. The lowest BCUT2D eigenvalue weighted by Gasteiger charge is -2.30. The normalized spacial score (nSPS) is 18.0. The molecule has 0 radical (unpaired) electrons. The zero-order chi connectivity index (χ0) is 15.4. The topological polar surface area (TPSA) is 132 Å². The van der Waals surface area contributed by atoms with Crippen LogP contribution in [0.15, 0.2) is 0 Å². The molecule has 8 nitrogen and oxygen atoms in total. The molecule has 8 heteroatoms. The first-order valence-electron chi connectivity index (χ1n) is 6.69. The van der Waals surface area contributed by atoms with Crippen molar-refractivity contribution in [2.75, 3.05) is 23.7 Å². The van der Waals surface area contributed by atoms with Gasteiger partial charge in [-0.3, -0.25) is 4.79 Å². The Kier molecular flexibility index (Phi) is 4.29. The van der Waals surface area contributed by atoms with E-state index in [9.17, 15) is 10.1 Å². The zero-order valence-corrected chi connectivity index (χ0v) is 11.5. The number of aromatic nitrogens is 2. The third-order valence-corrected chi connectivity index (χ3v) is 3.59. The molecule has 2 rings (SSSR count). The average molecular weight is 288 g/mol. The third-order valence-electron chi connectivity index (χ3n) is 3.59. The van der Waals surface area contributed by atoms with Crippen molar-refractivity contribution in [1.29, 1.82) is 10.5 Å². The van der Waals surface area contributed by atoms with Gasteiger partial charge in [-0.05, 0) is 12.8 Å². The van der Waals surface area contributed by atoms with Gasteiger partial charge in [-0.15, -0.1) is 0 Å². The van der Waals surface area contributed by atoms with Gasteiger partial charge >= 0.3 is 5.97 Å². The summed E-state index contributed by atoms with van der Waals surface area (Å²) in [7, 11) is 0. The molecule has 1 aromatic heterocycles. The molecule has 0 amide bonds. The predicted octanol–water partition coefficient (Wildman–Crippen LogP) is 0.552. The Labute approximate surface area is 122 Å². The van der Waals surface area contributed by atoms with Crippen LogP contribution in [-0.2, 0) is 11.3 Å². The maximum absolute atomic E-state index is 11.1. The van der Waals surface area contributed by atoms with Crippen LogP contribution in [0.2, 0.25) is 0 Å². The molecule has 1 fully saturated rings. The lowest BCUT2D eigenvalue weighted by atomic mass is 9.98. The van der Waals surface area contributed by atoms with Crippen molar-refractivity contribution < 1.29 is 9.90 Å². The van der Waals surface area contributed by atoms with Crippen LogP contribution >= 0.6 is 0 Å². The first-order chi connectivity index (χ1) is 10.1. The van der Waals surface area contributed by atoms with E-state index in [1.54, 1.807) is 4.90 Å². The second-order valence-electron chi connectivity index (χ2n) is 4.95. The number of carbonyl (C=O) groups is 1. The van der Waals surface area contributed by atoms with Crippen LogP contribution in [0.4, 0.5) is 11.6 Å². The molecule has 110 valence electrons. The number of piperidine rings is 1. The number of aryl methyl sites for hydroxylation is 1. The van der Waals surface area contributed by atoms with Gasteiger partial charge in [0.2, 0.25) is 0 Å². The standard InChI is InChI=1S/C13H16N6O2/c14-4-2-6-19-11(16)10(7-15)12(17-19)18-5-1-3-9(8-18)13(20)21/h9H,1-3,5-6,8,16H2,(H,20,21). The minimum Gasteiger partial charge on any atom is -0.481 e. The fourth-order valence-corrected chi connectivity index (χ4v) is 2.49. The minimum absolute atomic E-state index is 0.222. The van der Waals surface area contributed by atoms with Gasteiger partial charge < -0.3 is 15.7 Å². The number of hydrogen-bond acceptors (Lipinski definition) is 6. The molecule has 1 aliphatic heterocycles. The number of nitrogens with zero attached hydrogens (tertiary/aromatic N) is 5. The molecule has 0 bridgehead atoms. The third kappa shape index (κ3) is 2.90. The molecule has 3 N–H and O–H groups in total. The van der Waals surface area contributed by atoms with E-state index >= 15 is 0 Å². The Bertz CT molecular complexity index is 624. The highest BCUT2D eigenvalue weighted by molar-refractivity contribution is 5.72. The SMILES string of the molecule is N#CCCn1nc(N2CCCC(C(=O)O)C2)c(C#N)c1N. The number of anilines is 2. The molecule has 1 aromatic rings. The fourth-order valence-electron chi connectivity index (χ4n) is 2.49. The highest BCUT2D eigenvalue weighted by Crippen LogP contribution is 2.28. The number of rotatable bonds is 4. The molecular formula is C13H16N6O2. The highest BCUT2D eigenvalue weighted by Gasteiger charge is 2.29. The number of hydrogen-bond donors (Lipinski definition) is 2. The van der Waals surface area contributed by atoms with E-state index < -0.39 is 11.9 Å². The van der Waals surface area contributed by atoms with Crippen LogP contribution in [0.25, 0.3) is 0 Å². The summed E-state index contributed by atoms with van der Waals surface area (Å²) in [6.45, 7) is 1.28. The van der Waals surface area contributed by atoms with E-state index in [0.29, 0.717) is 31.9 Å². The average Bonchev–Trinajstić information content (AvgIpc) is 2.81. The zero-order valence-electron chi connectivity index (χ0n) is 11.5. The van der Waals surface area contributed by atoms with Crippen molar-refractivity contribution in [3.63, 3.8) is 0 Å². The smallest absolute Gasteiger partial charge is 0.308 e. The Hall–Kier alpha value is -2.74. The quantitative estimate of drug-likeness (QED) is 0.826. The van der Waals surface area contributed by atoms with E-state index in [4.69, 9.17) is 16.1 Å². The van der Waals surface area contributed by atoms with Gasteiger partial charge in [0.25, 0.3) is 0 Å². The second kappa shape index (κ2) is 6.14. The maximum Gasteiger partial charge on any atom is 0.308 e. The molecule has 0 aliphatic carbocycles. The van der Waals surface area contributed by atoms with Crippen LogP contribution in [0.1, 0.15) is 24.8 Å². The van der Waals surface area contributed by atoms with E-state index in [0.717, 1.165) is 6.42 Å². The number of carboxylic acids is 1. The number of carboxylic acid groups (broad SMARTS) is 1. The minimum atomic E-state index is -0.838. The lowest BCUT2D eigenvalue weighted by molar-refractivity contribution is -0.141. The summed E-state index contributed by atoms with van der Waals surface area (Å²) in [5.74, 6) is -0.662. The summed E-state index contributed by atoms with van der Waals surface area (Å²) in [6.07, 6.45) is 1.60. The molecular weight excluding hydrogens is 272 g/mol. The van der Waals surface area contributed by atoms with E-state index in [-0.39, 0.29) is 17.8 Å². The Morgan fingerprint density at radius 2 is 2.29 bits per heavy atom.